The Kier molecular flexibility index (Phi) is 9.70. The third-order valence-electron chi connectivity index (χ3n) is 5.95. The largest absolute Gasteiger partial charge is 0.480 e. The molecule has 0 aliphatic heterocycles. The summed E-state index contributed by atoms with van der Waals surface area (Å²) < 4.78 is 10.7. The minimum absolute atomic E-state index is 0.0864. The van der Waals surface area contributed by atoms with Crippen molar-refractivity contribution < 1.29 is 33.8 Å². The lowest BCUT2D eigenvalue weighted by Crippen LogP contribution is -2.48. The average Bonchev–Trinajstić information content (AvgIpc) is 3.17. The zero-order valence-electron chi connectivity index (χ0n) is 21.9. The fraction of sp³-hybridized carbons (Fsp3) is 0.429. The van der Waals surface area contributed by atoms with Gasteiger partial charge in [0, 0.05) is 12.5 Å². The van der Waals surface area contributed by atoms with Gasteiger partial charge in [0.1, 0.15) is 24.8 Å². The van der Waals surface area contributed by atoms with Crippen LogP contribution in [0.15, 0.2) is 48.5 Å². The summed E-state index contributed by atoms with van der Waals surface area (Å²) >= 11 is 0. The first kappa shape index (κ1) is 28.5. The highest BCUT2D eigenvalue weighted by Gasteiger charge is 2.30. The second kappa shape index (κ2) is 12.9. The highest BCUT2D eigenvalue weighted by Crippen LogP contribution is 2.44. The highest BCUT2D eigenvalue weighted by atomic mass is 16.6. The Balaban J connectivity index is 1.54. The summed E-state index contributed by atoms with van der Waals surface area (Å²) in [6.45, 7) is 5.14. The number of rotatable bonds is 11. The number of unbranched alkanes of at least 4 members (excludes halogenated alkanes) is 1. The van der Waals surface area contributed by atoms with E-state index in [1.165, 1.54) is 0 Å². The Hall–Kier alpha value is -4.08. The Morgan fingerprint density at radius 2 is 1.50 bits per heavy atom. The number of amides is 3. The first-order valence-corrected chi connectivity index (χ1v) is 12.6. The third-order valence-corrected chi connectivity index (χ3v) is 5.95. The molecule has 1 atom stereocenters. The van der Waals surface area contributed by atoms with Crippen LogP contribution in [0.5, 0.6) is 0 Å². The predicted molar refractivity (Wildman–Crippen MR) is 141 cm³/mol. The quantitative estimate of drug-likeness (QED) is 0.327. The maximum Gasteiger partial charge on any atom is 0.407 e. The van der Waals surface area contributed by atoms with E-state index >= 15 is 0 Å². The van der Waals surface area contributed by atoms with Gasteiger partial charge in [-0.05, 0) is 62.3 Å². The van der Waals surface area contributed by atoms with Gasteiger partial charge in [-0.1, -0.05) is 48.5 Å². The topological polar surface area (TPSA) is 143 Å². The minimum atomic E-state index is -1.19. The van der Waals surface area contributed by atoms with E-state index < -0.39 is 42.3 Å². The van der Waals surface area contributed by atoms with Gasteiger partial charge in [-0.25, -0.2) is 9.59 Å². The number of hydrogen-bond donors (Lipinski definition) is 4. The van der Waals surface area contributed by atoms with Crippen LogP contribution in [0.4, 0.5) is 9.59 Å². The van der Waals surface area contributed by atoms with E-state index in [0.717, 1.165) is 22.3 Å². The molecule has 38 heavy (non-hydrogen) atoms. The number of aliphatic carboxylic acids is 1. The smallest absolute Gasteiger partial charge is 0.407 e. The summed E-state index contributed by atoms with van der Waals surface area (Å²) in [6, 6.07) is 14.9. The molecule has 204 valence electrons. The molecule has 1 aliphatic rings. The van der Waals surface area contributed by atoms with Crippen LogP contribution >= 0.6 is 0 Å². The highest BCUT2D eigenvalue weighted by molar-refractivity contribution is 5.88. The van der Waals surface area contributed by atoms with E-state index in [9.17, 15) is 19.2 Å². The van der Waals surface area contributed by atoms with E-state index in [1.807, 2.05) is 48.5 Å². The molecular formula is C28H35N3O7. The van der Waals surface area contributed by atoms with Gasteiger partial charge in [-0.3, -0.25) is 9.59 Å². The van der Waals surface area contributed by atoms with Crippen molar-refractivity contribution in [3.63, 3.8) is 0 Å². The number of alkyl carbamates (subject to hydrolysis) is 2. The van der Waals surface area contributed by atoms with Crippen LogP contribution in [0.2, 0.25) is 0 Å². The molecule has 10 nitrogen and oxygen atoms in total. The molecule has 10 heteroatoms. The number of carboxylic acids is 1. The molecule has 0 aromatic heterocycles. The second-order valence-electron chi connectivity index (χ2n) is 10.1. The normalized spacial score (nSPS) is 13.0. The number of fused-ring (bicyclic) bond motifs is 3. The molecule has 0 saturated heterocycles. The molecule has 4 N–H and O–H groups in total. The Labute approximate surface area is 222 Å². The number of carboxylic acid groups (broad SMARTS) is 1. The van der Waals surface area contributed by atoms with E-state index in [1.54, 1.807) is 20.8 Å². The van der Waals surface area contributed by atoms with E-state index in [2.05, 4.69) is 16.0 Å². The van der Waals surface area contributed by atoms with Crippen molar-refractivity contribution in [3.05, 3.63) is 59.7 Å². The maximum atomic E-state index is 12.7. The molecule has 0 saturated carbocycles. The van der Waals surface area contributed by atoms with Gasteiger partial charge in [0.25, 0.3) is 0 Å². The maximum absolute atomic E-state index is 12.7. The number of carbonyl (C=O) groups excluding carboxylic acids is 3. The van der Waals surface area contributed by atoms with Gasteiger partial charge in [0.05, 0.1) is 0 Å². The number of benzene rings is 2. The van der Waals surface area contributed by atoms with Gasteiger partial charge >= 0.3 is 18.2 Å². The molecular weight excluding hydrogens is 490 g/mol. The Bertz CT molecular complexity index is 1110. The van der Waals surface area contributed by atoms with Crippen molar-refractivity contribution in [1.82, 2.24) is 16.0 Å². The number of hydrogen-bond acceptors (Lipinski definition) is 6. The van der Waals surface area contributed by atoms with Crippen LogP contribution in [0.1, 0.15) is 57.1 Å². The van der Waals surface area contributed by atoms with Gasteiger partial charge in [-0.15, -0.1) is 0 Å². The van der Waals surface area contributed by atoms with Crippen molar-refractivity contribution in [2.45, 2.75) is 57.6 Å². The SMILES string of the molecule is CC(C)(C)OC(=O)NCCCC[C@H](NC(=O)OCC1c2ccccc2-c2ccccc21)C(=O)NCC(=O)O. The molecule has 0 unspecified atom stereocenters. The first-order chi connectivity index (χ1) is 18.0. The van der Waals surface area contributed by atoms with Crippen molar-refractivity contribution in [2.24, 2.45) is 0 Å². The average molecular weight is 526 g/mol. The lowest BCUT2D eigenvalue weighted by Gasteiger charge is -2.20. The third kappa shape index (κ3) is 8.22. The fourth-order valence-corrected chi connectivity index (χ4v) is 4.32. The Morgan fingerprint density at radius 3 is 2.08 bits per heavy atom. The van der Waals surface area contributed by atoms with Crippen molar-refractivity contribution >= 4 is 24.1 Å². The molecule has 2 aromatic rings. The molecule has 3 rings (SSSR count). The lowest BCUT2D eigenvalue weighted by atomic mass is 9.98. The zero-order chi connectivity index (χ0) is 27.7. The van der Waals surface area contributed by atoms with Crippen LogP contribution in [-0.4, -0.2) is 60.5 Å². The second-order valence-corrected chi connectivity index (χ2v) is 10.1. The molecule has 2 aromatic carbocycles. The van der Waals surface area contributed by atoms with Gasteiger partial charge in [0.15, 0.2) is 0 Å². The molecule has 0 spiro atoms. The zero-order valence-corrected chi connectivity index (χ0v) is 21.9. The lowest BCUT2D eigenvalue weighted by molar-refractivity contribution is -0.138. The molecule has 0 bridgehead atoms. The van der Waals surface area contributed by atoms with Crippen LogP contribution in [0.25, 0.3) is 11.1 Å². The summed E-state index contributed by atoms with van der Waals surface area (Å²) in [4.78, 5) is 47.9. The predicted octanol–water partition coefficient (Wildman–Crippen LogP) is 3.79. The van der Waals surface area contributed by atoms with Crippen molar-refractivity contribution in [1.29, 1.82) is 0 Å². The van der Waals surface area contributed by atoms with Crippen LogP contribution in [-0.2, 0) is 19.1 Å². The summed E-state index contributed by atoms with van der Waals surface area (Å²) in [7, 11) is 0. The van der Waals surface area contributed by atoms with Crippen LogP contribution in [0, 0.1) is 0 Å². The van der Waals surface area contributed by atoms with Crippen molar-refractivity contribution in [3.8, 4) is 11.1 Å². The summed E-state index contributed by atoms with van der Waals surface area (Å²) in [5.41, 5.74) is 3.72. The van der Waals surface area contributed by atoms with Crippen molar-refractivity contribution in [2.75, 3.05) is 19.7 Å². The van der Waals surface area contributed by atoms with Gasteiger partial charge in [0.2, 0.25) is 5.91 Å². The number of nitrogens with one attached hydrogen (secondary N) is 3. The van der Waals surface area contributed by atoms with E-state index in [-0.39, 0.29) is 18.9 Å². The van der Waals surface area contributed by atoms with E-state index in [4.69, 9.17) is 14.6 Å². The number of carbonyl (C=O) groups is 4. The molecule has 0 radical (unpaired) electrons. The standard InChI is InChI=1S/C28H35N3O7/c1-28(2,3)38-26(35)29-15-9-8-14-23(25(34)30-16-24(32)33)31-27(36)37-17-22-20-12-6-4-10-18(20)19-11-5-7-13-21(19)22/h4-7,10-13,22-23H,8-9,14-17H2,1-3H3,(H,29,35)(H,30,34)(H,31,36)(H,32,33)/t23-/m0/s1. The summed E-state index contributed by atoms with van der Waals surface area (Å²) in [5.74, 6) is -1.95. The van der Waals surface area contributed by atoms with Crippen LogP contribution < -0.4 is 16.0 Å². The summed E-state index contributed by atoms with van der Waals surface area (Å²) in [5, 5.41) is 16.4. The van der Waals surface area contributed by atoms with E-state index in [0.29, 0.717) is 19.4 Å². The fourth-order valence-electron chi connectivity index (χ4n) is 4.32. The minimum Gasteiger partial charge on any atom is -0.480 e. The molecule has 3 amide bonds. The van der Waals surface area contributed by atoms with Crippen LogP contribution in [0.3, 0.4) is 0 Å². The first-order valence-electron chi connectivity index (χ1n) is 12.6. The molecule has 1 aliphatic carbocycles. The van der Waals surface area contributed by atoms with Gasteiger partial charge < -0.3 is 30.5 Å². The number of ether oxygens (including phenoxy) is 2. The Morgan fingerprint density at radius 1 is 0.895 bits per heavy atom. The molecule has 0 heterocycles. The van der Waals surface area contributed by atoms with Gasteiger partial charge in [-0.2, -0.15) is 0 Å². The monoisotopic (exact) mass is 525 g/mol. The molecule has 0 fully saturated rings. The summed E-state index contributed by atoms with van der Waals surface area (Å²) in [6.07, 6.45) is -0.0795.